The number of aliphatic hydroxyl groups is 5. The van der Waals surface area contributed by atoms with Crippen LogP contribution in [0.25, 0.3) is 6.08 Å². The second kappa shape index (κ2) is 12.9. The third-order valence-corrected chi connectivity index (χ3v) is 13.4. The molecule has 2 saturated carbocycles. The number of benzene rings is 1. The van der Waals surface area contributed by atoms with Crippen molar-refractivity contribution in [3.63, 3.8) is 0 Å². The summed E-state index contributed by atoms with van der Waals surface area (Å²) in [4.78, 5) is 39.9. The molecule has 9 nitrogen and oxygen atoms in total. The normalized spacial score (nSPS) is 38.0. The van der Waals surface area contributed by atoms with E-state index in [1.807, 2.05) is 77.1 Å². The predicted octanol–water partition coefficient (Wildman–Crippen LogP) is 5.42. The number of allylic oxidation sites excluding steroid dienone is 1. The van der Waals surface area contributed by atoms with Crippen LogP contribution in [0.15, 0.2) is 58.9 Å². The topological polar surface area (TPSA) is 173 Å². The van der Waals surface area contributed by atoms with E-state index in [9.17, 15) is 45.0 Å². The number of Topliss-reactive ketones (excluding diaryl/α,β-unsaturated/α-hetero) is 2. The first-order chi connectivity index (χ1) is 22.7. The lowest BCUT2D eigenvalue weighted by Crippen LogP contribution is -2.63. The average molecular weight is 679 g/mol. The first-order valence-electron chi connectivity index (χ1n) is 17.7. The fourth-order valence-electron chi connectivity index (χ4n) is 10.9. The van der Waals surface area contributed by atoms with Gasteiger partial charge in [-0.15, -0.1) is 0 Å². The second-order valence-corrected chi connectivity index (χ2v) is 16.6. The van der Waals surface area contributed by atoms with Crippen LogP contribution in [-0.4, -0.2) is 72.6 Å². The predicted molar refractivity (Wildman–Crippen MR) is 185 cm³/mol. The van der Waals surface area contributed by atoms with Gasteiger partial charge in [-0.3, -0.25) is 9.59 Å². The molecule has 5 rings (SSSR count). The van der Waals surface area contributed by atoms with Crippen LogP contribution in [0.4, 0.5) is 0 Å². The number of rotatable bonds is 9. The molecular formula is C40H54O9. The van der Waals surface area contributed by atoms with E-state index < -0.39 is 69.3 Å². The van der Waals surface area contributed by atoms with Crippen molar-refractivity contribution in [2.45, 2.75) is 111 Å². The Morgan fingerprint density at radius 1 is 1.00 bits per heavy atom. The maximum atomic E-state index is 14.6. The van der Waals surface area contributed by atoms with Crippen LogP contribution in [0.2, 0.25) is 0 Å². The molecule has 1 aromatic carbocycles. The van der Waals surface area contributed by atoms with Crippen molar-refractivity contribution in [1.82, 2.24) is 0 Å². The van der Waals surface area contributed by atoms with E-state index in [-0.39, 0.29) is 55.0 Å². The van der Waals surface area contributed by atoms with Gasteiger partial charge < -0.3 is 30.6 Å². The largest absolute Gasteiger partial charge is 0.509 e. The molecule has 0 aliphatic heterocycles. The molecule has 0 spiro atoms. The van der Waals surface area contributed by atoms with E-state index in [4.69, 9.17) is 0 Å². The number of carboxylic acids is 1. The van der Waals surface area contributed by atoms with Crippen LogP contribution in [0, 0.1) is 45.3 Å². The van der Waals surface area contributed by atoms with Gasteiger partial charge in [0, 0.05) is 47.0 Å². The monoisotopic (exact) mass is 678 g/mol. The maximum absolute atomic E-state index is 14.6. The van der Waals surface area contributed by atoms with E-state index in [1.165, 1.54) is 6.92 Å². The number of carbonyl (C=O) groups is 3. The van der Waals surface area contributed by atoms with E-state index in [0.29, 0.717) is 24.0 Å². The minimum Gasteiger partial charge on any atom is -0.509 e. The molecular weight excluding hydrogens is 624 g/mol. The molecule has 4 aliphatic carbocycles. The fraction of sp³-hybridized carbons (Fsp3) is 0.625. The number of ketones is 2. The Hall–Kier alpha value is -3.11. The number of carbonyl (C=O) groups excluding carboxylic acids is 2. The highest BCUT2D eigenvalue weighted by Gasteiger charge is 2.71. The molecule has 0 bridgehead atoms. The van der Waals surface area contributed by atoms with Crippen molar-refractivity contribution in [3.8, 4) is 0 Å². The Balaban J connectivity index is 1.60. The first-order valence-corrected chi connectivity index (χ1v) is 17.7. The van der Waals surface area contributed by atoms with Gasteiger partial charge in [0.15, 0.2) is 5.78 Å². The zero-order chi connectivity index (χ0) is 36.4. The highest BCUT2D eigenvalue weighted by Crippen LogP contribution is 2.72. The lowest BCUT2D eigenvalue weighted by molar-refractivity contribution is -0.150. The molecule has 2 fully saturated rings. The highest BCUT2D eigenvalue weighted by molar-refractivity contribution is 6.01. The Morgan fingerprint density at radius 3 is 2.22 bits per heavy atom. The smallest absolute Gasteiger partial charge is 0.335 e. The van der Waals surface area contributed by atoms with E-state index in [1.54, 1.807) is 0 Å². The number of aliphatic carboxylic acids is 1. The Bertz CT molecular complexity index is 1590. The van der Waals surface area contributed by atoms with Gasteiger partial charge in [0.05, 0.1) is 23.9 Å². The molecule has 49 heavy (non-hydrogen) atoms. The average Bonchev–Trinajstić information content (AvgIpc) is 3.23. The number of hydrogen-bond donors (Lipinski definition) is 6. The van der Waals surface area contributed by atoms with Gasteiger partial charge in [-0.1, -0.05) is 84.0 Å². The van der Waals surface area contributed by atoms with Crippen molar-refractivity contribution in [1.29, 1.82) is 0 Å². The third kappa shape index (κ3) is 5.75. The van der Waals surface area contributed by atoms with Gasteiger partial charge in [-0.2, -0.15) is 0 Å². The van der Waals surface area contributed by atoms with Gasteiger partial charge in [0.25, 0.3) is 0 Å². The zero-order valence-corrected chi connectivity index (χ0v) is 29.8. The molecule has 0 heterocycles. The van der Waals surface area contributed by atoms with Crippen molar-refractivity contribution in [2.75, 3.05) is 0 Å². The van der Waals surface area contributed by atoms with E-state index in [0.717, 1.165) is 5.56 Å². The van der Waals surface area contributed by atoms with Crippen molar-refractivity contribution in [3.05, 3.63) is 64.4 Å². The quantitative estimate of drug-likeness (QED) is 0.147. The van der Waals surface area contributed by atoms with Gasteiger partial charge in [0.1, 0.15) is 17.6 Å². The molecule has 1 aromatic rings. The van der Waals surface area contributed by atoms with Crippen LogP contribution in [0.5, 0.6) is 0 Å². The molecule has 6 N–H and O–H groups in total. The van der Waals surface area contributed by atoms with Crippen molar-refractivity contribution in [2.24, 2.45) is 45.3 Å². The Labute approximate surface area is 289 Å². The van der Waals surface area contributed by atoms with E-state index in [2.05, 4.69) is 6.92 Å². The summed E-state index contributed by atoms with van der Waals surface area (Å²) in [6.45, 7) is 13.1. The molecule has 11 unspecified atom stereocenters. The molecule has 4 aliphatic rings. The van der Waals surface area contributed by atoms with Crippen LogP contribution in [-0.2, 0) is 14.4 Å². The number of aliphatic hydroxyl groups excluding tert-OH is 5. The van der Waals surface area contributed by atoms with Gasteiger partial charge in [-0.05, 0) is 60.5 Å². The summed E-state index contributed by atoms with van der Waals surface area (Å²) in [5, 5.41) is 65.8. The summed E-state index contributed by atoms with van der Waals surface area (Å²) in [6.07, 6.45) is 0.0551. The number of carboxylic acid groups (broad SMARTS) is 1. The third-order valence-electron chi connectivity index (χ3n) is 13.4. The molecule has 11 atom stereocenters. The summed E-state index contributed by atoms with van der Waals surface area (Å²) in [5.74, 6) is -3.73. The van der Waals surface area contributed by atoms with Crippen LogP contribution in [0.1, 0.15) is 92.6 Å². The van der Waals surface area contributed by atoms with Crippen molar-refractivity contribution < 1.29 is 45.0 Å². The van der Waals surface area contributed by atoms with Gasteiger partial charge in [-0.25, -0.2) is 4.79 Å². The molecule has 0 saturated heterocycles. The standard InChI is InChI=1S/C40H54O9/c1-21(17-27(42)33(46)25(36(48)49)18-22(2)41)26-19-30(45)40(7)32-31(28(43)20-39(26,40)6)38(5)16-15-29(44)37(3,4)35(38)24(34(32)47)14-13-23-11-9-8-10-12-23/h8-14,21-22,24,26-27,30,34-35,41-42,45-47H,15-20H2,1-7H3,(H,48,49). The minimum absolute atomic E-state index is 0.0351. The molecule has 0 radical (unpaired) electrons. The van der Waals surface area contributed by atoms with Crippen LogP contribution >= 0.6 is 0 Å². The Morgan fingerprint density at radius 2 is 1.63 bits per heavy atom. The number of fused-ring (bicyclic) bond motifs is 4. The summed E-state index contributed by atoms with van der Waals surface area (Å²) >= 11 is 0. The van der Waals surface area contributed by atoms with Crippen LogP contribution < -0.4 is 0 Å². The second-order valence-electron chi connectivity index (χ2n) is 16.6. The fourth-order valence-corrected chi connectivity index (χ4v) is 10.9. The van der Waals surface area contributed by atoms with Gasteiger partial charge in [0.2, 0.25) is 0 Å². The van der Waals surface area contributed by atoms with Gasteiger partial charge >= 0.3 is 5.97 Å². The SMILES string of the molecule is CC(O)CC(C(=O)O)=C(O)C(O)CC(C)C1CC(O)C2(C)C3=C(C(=O)CC12C)C1(C)CCC(=O)C(C)(C)C1C(C=Cc1ccccc1)C3O. The maximum Gasteiger partial charge on any atom is 0.335 e. The highest BCUT2D eigenvalue weighted by atomic mass is 16.4. The van der Waals surface area contributed by atoms with E-state index >= 15 is 0 Å². The molecule has 9 heteroatoms. The van der Waals surface area contributed by atoms with Crippen LogP contribution in [0.3, 0.4) is 0 Å². The number of hydrogen-bond acceptors (Lipinski definition) is 8. The first kappa shape index (κ1) is 37.2. The molecule has 0 amide bonds. The molecule has 0 aromatic heterocycles. The summed E-state index contributed by atoms with van der Waals surface area (Å²) in [6, 6.07) is 9.72. The Kier molecular flexibility index (Phi) is 9.78. The minimum atomic E-state index is -1.53. The lowest BCUT2D eigenvalue weighted by Gasteiger charge is -2.63. The summed E-state index contributed by atoms with van der Waals surface area (Å²) < 4.78 is 0. The summed E-state index contributed by atoms with van der Waals surface area (Å²) in [7, 11) is 0. The van der Waals surface area contributed by atoms with Crippen molar-refractivity contribution >= 4 is 23.6 Å². The summed E-state index contributed by atoms with van der Waals surface area (Å²) in [5.41, 5.74) is -1.86. The molecule has 268 valence electrons. The lowest BCUT2D eigenvalue weighted by atomic mass is 9.40. The zero-order valence-electron chi connectivity index (χ0n) is 29.8.